The van der Waals surface area contributed by atoms with E-state index in [2.05, 4.69) is 10.3 Å². The number of hydrogen-bond donors (Lipinski definition) is 2. The molecule has 0 fully saturated rings. The van der Waals surface area contributed by atoms with E-state index in [9.17, 15) is 26.4 Å². The Balaban J connectivity index is 0.000000592. The summed E-state index contributed by atoms with van der Waals surface area (Å²) in [5.74, 6) is -2.36. The van der Waals surface area contributed by atoms with Gasteiger partial charge in [-0.3, -0.25) is 4.79 Å². The highest BCUT2D eigenvalue weighted by molar-refractivity contribution is 7.86. The second-order valence-corrected chi connectivity index (χ2v) is 9.07. The van der Waals surface area contributed by atoms with Gasteiger partial charge < -0.3 is 15.3 Å². The van der Waals surface area contributed by atoms with Crippen molar-refractivity contribution in [1.82, 2.24) is 18.9 Å². The number of amides is 1. The van der Waals surface area contributed by atoms with Crippen molar-refractivity contribution >= 4 is 27.9 Å². The lowest BCUT2D eigenvalue weighted by Crippen LogP contribution is -2.41. The van der Waals surface area contributed by atoms with E-state index in [1.807, 2.05) is 20.2 Å². The molecule has 0 atom stereocenters. The molecule has 2 rings (SSSR count). The first-order valence-corrected chi connectivity index (χ1v) is 10.4. The van der Waals surface area contributed by atoms with E-state index in [-0.39, 0.29) is 5.91 Å². The SMILES string of the molecule is CNC(=O)c1cc2c(nc1N(C)C)CCN(S(=O)(=O)N(C)C)CC2.O=C(O)C(F)(F)F. The van der Waals surface area contributed by atoms with Crippen molar-refractivity contribution in [2.75, 3.05) is 53.2 Å². The maximum atomic E-state index is 12.3. The van der Waals surface area contributed by atoms with Crippen LogP contribution in [0.3, 0.4) is 0 Å². The highest BCUT2D eigenvalue weighted by Gasteiger charge is 2.38. The molecule has 0 saturated carbocycles. The summed E-state index contributed by atoms with van der Waals surface area (Å²) >= 11 is 0. The number of aromatic nitrogens is 1. The lowest BCUT2D eigenvalue weighted by atomic mass is 10.0. The molecular weight excluding hydrogens is 443 g/mol. The molecule has 2 N–H and O–H groups in total. The molecule has 2 heterocycles. The molecule has 0 radical (unpaired) electrons. The second kappa shape index (κ2) is 10.2. The molecule has 0 aromatic carbocycles. The topological polar surface area (TPSA) is 123 Å². The Morgan fingerprint density at radius 2 is 1.68 bits per heavy atom. The lowest BCUT2D eigenvalue weighted by molar-refractivity contribution is -0.192. The van der Waals surface area contributed by atoms with Crippen molar-refractivity contribution < 1.29 is 36.3 Å². The highest BCUT2D eigenvalue weighted by atomic mass is 32.2. The molecule has 176 valence electrons. The largest absolute Gasteiger partial charge is 0.490 e. The minimum atomic E-state index is -5.08. The average Bonchev–Trinajstić information content (AvgIpc) is 2.88. The van der Waals surface area contributed by atoms with Crippen LogP contribution in [0.1, 0.15) is 21.6 Å². The zero-order valence-corrected chi connectivity index (χ0v) is 18.6. The summed E-state index contributed by atoms with van der Waals surface area (Å²) in [5, 5.41) is 9.75. The summed E-state index contributed by atoms with van der Waals surface area (Å²) in [6.45, 7) is 0.760. The Kier molecular flexibility index (Phi) is 8.78. The number of alkyl halides is 3. The number of nitrogens with one attached hydrogen (secondary N) is 1. The zero-order valence-electron chi connectivity index (χ0n) is 17.8. The zero-order chi connectivity index (χ0) is 24.1. The normalized spacial score (nSPS) is 14.7. The number of halogens is 3. The van der Waals surface area contributed by atoms with Gasteiger partial charge >= 0.3 is 12.1 Å². The Hall–Kier alpha value is -2.45. The number of carbonyl (C=O) groups is 2. The first kappa shape index (κ1) is 26.6. The maximum Gasteiger partial charge on any atom is 0.490 e. The Labute approximate surface area is 178 Å². The third-order valence-electron chi connectivity index (χ3n) is 4.33. The van der Waals surface area contributed by atoms with E-state index in [0.29, 0.717) is 37.3 Å². The predicted octanol–water partition coefficient (Wildman–Crippen LogP) is 0.348. The highest BCUT2D eigenvalue weighted by Crippen LogP contribution is 2.24. The number of carbonyl (C=O) groups excluding carboxylic acids is 1. The van der Waals surface area contributed by atoms with E-state index in [1.165, 1.54) is 22.7 Å². The molecule has 1 aliphatic heterocycles. The van der Waals surface area contributed by atoms with Crippen molar-refractivity contribution in [1.29, 1.82) is 0 Å². The van der Waals surface area contributed by atoms with Crippen LogP contribution >= 0.6 is 0 Å². The van der Waals surface area contributed by atoms with Gasteiger partial charge in [-0.2, -0.15) is 30.2 Å². The van der Waals surface area contributed by atoms with Crippen molar-refractivity contribution in [2.24, 2.45) is 0 Å². The van der Waals surface area contributed by atoms with Crippen LogP contribution in [0.25, 0.3) is 0 Å². The number of anilines is 1. The fourth-order valence-electron chi connectivity index (χ4n) is 2.71. The monoisotopic (exact) mass is 469 g/mol. The molecule has 31 heavy (non-hydrogen) atoms. The van der Waals surface area contributed by atoms with E-state index in [0.717, 1.165) is 11.3 Å². The number of pyridine rings is 1. The lowest BCUT2D eigenvalue weighted by Gasteiger charge is -2.23. The fourth-order valence-corrected chi connectivity index (χ4v) is 3.81. The van der Waals surface area contributed by atoms with Gasteiger partial charge in [0.15, 0.2) is 0 Å². The van der Waals surface area contributed by atoms with Gasteiger partial charge in [-0.15, -0.1) is 0 Å². The van der Waals surface area contributed by atoms with Crippen molar-refractivity contribution in [3.63, 3.8) is 0 Å². The van der Waals surface area contributed by atoms with E-state index >= 15 is 0 Å². The molecule has 0 saturated heterocycles. The summed E-state index contributed by atoms with van der Waals surface area (Å²) in [6, 6.07) is 1.84. The molecule has 1 aromatic rings. The van der Waals surface area contributed by atoms with Gasteiger partial charge in [-0.1, -0.05) is 0 Å². The summed E-state index contributed by atoms with van der Waals surface area (Å²) < 4.78 is 59.1. The molecule has 1 aromatic heterocycles. The minimum absolute atomic E-state index is 0.198. The van der Waals surface area contributed by atoms with Gasteiger partial charge in [0.25, 0.3) is 16.1 Å². The number of nitrogens with zero attached hydrogens (tertiary/aromatic N) is 4. The van der Waals surface area contributed by atoms with Gasteiger partial charge in [0, 0.05) is 60.4 Å². The molecule has 1 aliphatic rings. The number of aliphatic carboxylic acids is 1. The molecule has 0 aliphatic carbocycles. The number of carboxylic acid groups (broad SMARTS) is 1. The van der Waals surface area contributed by atoms with Crippen LogP contribution in [0.15, 0.2) is 6.07 Å². The third-order valence-corrected chi connectivity index (χ3v) is 6.27. The standard InChI is InChI=1S/C15H25N5O3S.C2HF3O2/c1-16-15(21)12-10-11-6-8-20(24(22,23)19(4)5)9-7-13(11)17-14(12)18(2)3;3-2(4,5)1(6)7/h10H,6-9H2,1-5H3,(H,16,21);(H,6,7). The van der Waals surface area contributed by atoms with Gasteiger partial charge in [0.05, 0.1) is 5.56 Å². The van der Waals surface area contributed by atoms with E-state index in [1.54, 1.807) is 11.9 Å². The van der Waals surface area contributed by atoms with Crippen LogP contribution in [0, 0.1) is 0 Å². The van der Waals surface area contributed by atoms with Gasteiger partial charge in [0.1, 0.15) is 5.82 Å². The molecule has 10 nitrogen and oxygen atoms in total. The van der Waals surface area contributed by atoms with Crippen LogP contribution in [-0.2, 0) is 27.8 Å². The maximum absolute atomic E-state index is 12.3. The minimum Gasteiger partial charge on any atom is -0.475 e. The number of hydrogen-bond acceptors (Lipinski definition) is 6. The number of rotatable bonds is 4. The van der Waals surface area contributed by atoms with Crippen LogP contribution < -0.4 is 10.2 Å². The fraction of sp³-hybridized carbons (Fsp3) is 0.588. The van der Waals surface area contributed by atoms with Crippen molar-refractivity contribution in [3.8, 4) is 0 Å². The Morgan fingerprint density at radius 3 is 2.10 bits per heavy atom. The van der Waals surface area contributed by atoms with Crippen LogP contribution in [-0.4, -0.2) is 93.5 Å². The first-order valence-electron chi connectivity index (χ1n) is 9.02. The van der Waals surface area contributed by atoms with Crippen LogP contribution in [0.5, 0.6) is 0 Å². The predicted molar refractivity (Wildman–Crippen MR) is 107 cm³/mol. The Morgan fingerprint density at radius 1 is 1.16 bits per heavy atom. The van der Waals surface area contributed by atoms with Crippen molar-refractivity contribution in [3.05, 3.63) is 22.9 Å². The van der Waals surface area contributed by atoms with Gasteiger partial charge in [-0.25, -0.2) is 9.78 Å². The van der Waals surface area contributed by atoms with Crippen LogP contribution in [0.4, 0.5) is 19.0 Å². The van der Waals surface area contributed by atoms with Gasteiger partial charge in [-0.05, 0) is 18.1 Å². The van der Waals surface area contributed by atoms with E-state index < -0.39 is 22.4 Å². The molecule has 0 bridgehead atoms. The number of carboxylic acids is 1. The smallest absolute Gasteiger partial charge is 0.475 e. The summed E-state index contributed by atoms with van der Waals surface area (Å²) in [7, 11) is 4.86. The first-order chi connectivity index (χ1) is 14.1. The molecule has 0 spiro atoms. The van der Waals surface area contributed by atoms with Crippen LogP contribution in [0.2, 0.25) is 0 Å². The summed E-state index contributed by atoms with van der Waals surface area (Å²) in [5.41, 5.74) is 2.28. The quantitative estimate of drug-likeness (QED) is 0.652. The molecule has 14 heteroatoms. The van der Waals surface area contributed by atoms with Crippen molar-refractivity contribution in [2.45, 2.75) is 19.0 Å². The summed E-state index contributed by atoms with van der Waals surface area (Å²) in [6.07, 6.45) is -4.02. The Bertz CT molecular complexity index is 919. The third kappa shape index (κ3) is 6.77. The molecule has 0 unspecified atom stereocenters. The molecule has 1 amide bonds. The number of fused-ring (bicyclic) bond motifs is 1. The average molecular weight is 469 g/mol. The summed E-state index contributed by atoms with van der Waals surface area (Å²) in [4.78, 5) is 27.5. The second-order valence-electron chi connectivity index (χ2n) is 6.93. The van der Waals surface area contributed by atoms with Gasteiger partial charge in [0.2, 0.25) is 0 Å². The molecular formula is C17H26F3N5O5S. The van der Waals surface area contributed by atoms with E-state index in [4.69, 9.17) is 9.90 Å².